The van der Waals surface area contributed by atoms with Crippen LogP contribution in [0.1, 0.15) is 12.5 Å². The highest BCUT2D eigenvalue weighted by molar-refractivity contribution is 9.10. The fourth-order valence-corrected chi connectivity index (χ4v) is 5.15. The molecule has 3 rings (SSSR count). The number of thioether (sulfide) groups is 1. The second-order valence-corrected chi connectivity index (χ2v) is 9.98. The lowest BCUT2D eigenvalue weighted by Gasteiger charge is -2.12. The third-order valence-corrected chi connectivity index (χ3v) is 7.15. The molecule has 1 heterocycles. The predicted octanol–water partition coefficient (Wildman–Crippen LogP) is 4.20. The topological polar surface area (TPSA) is 70.1 Å². The Labute approximate surface area is 183 Å². The number of carbonyl (C=O) groups is 1. The van der Waals surface area contributed by atoms with Gasteiger partial charge in [-0.3, -0.25) is 9.69 Å². The molecule has 1 fully saturated rings. The summed E-state index contributed by atoms with van der Waals surface area (Å²) < 4.78 is 30.0. The number of sulfonamides is 1. The van der Waals surface area contributed by atoms with Gasteiger partial charge in [-0.2, -0.15) is 8.42 Å². The monoisotopic (exact) mass is 493 g/mol. The van der Waals surface area contributed by atoms with Gasteiger partial charge < -0.3 is 4.90 Å². The summed E-state index contributed by atoms with van der Waals surface area (Å²) in [6, 6.07) is 14.0. The first-order valence-corrected chi connectivity index (χ1v) is 11.9. The van der Waals surface area contributed by atoms with Crippen molar-refractivity contribution in [3.05, 3.63) is 63.5 Å². The Balaban J connectivity index is 1.92. The van der Waals surface area contributed by atoms with Crippen molar-refractivity contribution >= 4 is 60.6 Å². The van der Waals surface area contributed by atoms with Crippen LogP contribution in [0.5, 0.6) is 0 Å². The first-order chi connectivity index (χ1) is 13.7. The van der Waals surface area contributed by atoms with Gasteiger partial charge >= 0.3 is 0 Å². The van der Waals surface area contributed by atoms with Crippen LogP contribution >= 0.6 is 27.7 Å². The van der Waals surface area contributed by atoms with Crippen molar-refractivity contribution in [2.24, 2.45) is 4.40 Å². The molecule has 152 valence electrons. The first kappa shape index (κ1) is 21.6. The predicted molar refractivity (Wildman–Crippen MR) is 122 cm³/mol. The molecule has 1 aliphatic rings. The van der Waals surface area contributed by atoms with Gasteiger partial charge in [-0.25, -0.2) is 0 Å². The van der Waals surface area contributed by atoms with Crippen LogP contribution in [0.2, 0.25) is 0 Å². The summed E-state index contributed by atoms with van der Waals surface area (Å²) in [7, 11) is -0.00684. The molecule has 0 atom stereocenters. The molecule has 1 saturated heterocycles. The summed E-state index contributed by atoms with van der Waals surface area (Å²) in [6.07, 6.45) is 1.75. The SMILES string of the molecule is CCN1C(=O)/C(=C/c2ccc(N(C)C)cc2)SC1=NS(=O)(=O)c1ccc(Br)cc1. The van der Waals surface area contributed by atoms with Gasteiger partial charge in [0, 0.05) is 30.8 Å². The minimum Gasteiger partial charge on any atom is -0.378 e. The Kier molecular flexibility index (Phi) is 6.50. The average molecular weight is 494 g/mol. The van der Waals surface area contributed by atoms with Crippen LogP contribution in [0.3, 0.4) is 0 Å². The van der Waals surface area contributed by atoms with Crippen molar-refractivity contribution in [1.82, 2.24) is 4.90 Å². The molecular weight excluding hydrogens is 474 g/mol. The lowest BCUT2D eigenvalue weighted by atomic mass is 10.2. The van der Waals surface area contributed by atoms with Crippen molar-refractivity contribution in [2.75, 3.05) is 25.5 Å². The number of halogens is 1. The highest BCUT2D eigenvalue weighted by atomic mass is 79.9. The van der Waals surface area contributed by atoms with Crippen molar-refractivity contribution in [2.45, 2.75) is 11.8 Å². The van der Waals surface area contributed by atoms with Crippen LogP contribution in [0, 0.1) is 0 Å². The number of amides is 1. The molecule has 2 aromatic carbocycles. The Bertz CT molecular complexity index is 1080. The summed E-state index contributed by atoms with van der Waals surface area (Å²) in [5, 5.41) is 0.164. The van der Waals surface area contributed by atoms with Gasteiger partial charge in [0.2, 0.25) is 0 Å². The Morgan fingerprint density at radius 3 is 2.28 bits per heavy atom. The fraction of sp³-hybridized carbons (Fsp3) is 0.200. The normalized spacial score (nSPS) is 17.4. The first-order valence-electron chi connectivity index (χ1n) is 8.80. The summed E-state index contributed by atoms with van der Waals surface area (Å²) in [5.41, 5.74) is 1.91. The molecule has 0 aromatic heterocycles. The molecule has 0 radical (unpaired) electrons. The molecule has 0 N–H and O–H groups in total. The molecular formula is C20H20BrN3O3S2. The maximum atomic E-state index is 12.7. The van der Waals surface area contributed by atoms with E-state index in [1.807, 2.05) is 43.3 Å². The third-order valence-electron chi connectivity index (χ3n) is 4.22. The van der Waals surface area contributed by atoms with E-state index < -0.39 is 10.0 Å². The quantitative estimate of drug-likeness (QED) is 0.583. The maximum absolute atomic E-state index is 12.7. The van der Waals surface area contributed by atoms with E-state index in [9.17, 15) is 13.2 Å². The van der Waals surface area contributed by atoms with E-state index in [2.05, 4.69) is 20.3 Å². The van der Waals surface area contributed by atoms with E-state index in [-0.39, 0.29) is 16.0 Å². The number of rotatable bonds is 5. The van der Waals surface area contributed by atoms with Crippen LogP contribution in [-0.2, 0) is 14.8 Å². The zero-order valence-corrected chi connectivity index (χ0v) is 19.4. The number of amidine groups is 1. The molecule has 2 aromatic rings. The molecule has 0 spiro atoms. The summed E-state index contributed by atoms with van der Waals surface area (Å²) >= 11 is 4.35. The van der Waals surface area contributed by atoms with Gasteiger partial charge in [-0.15, -0.1) is 4.40 Å². The highest BCUT2D eigenvalue weighted by Crippen LogP contribution is 2.33. The van der Waals surface area contributed by atoms with Crippen LogP contribution in [0.25, 0.3) is 6.08 Å². The number of likely N-dealkylation sites (N-methyl/N-ethyl adjacent to an activating group) is 1. The van der Waals surface area contributed by atoms with E-state index in [0.29, 0.717) is 11.4 Å². The largest absolute Gasteiger partial charge is 0.378 e. The van der Waals surface area contributed by atoms with Gasteiger partial charge in [0.1, 0.15) is 0 Å². The molecule has 1 amide bonds. The van der Waals surface area contributed by atoms with Gasteiger partial charge in [0.15, 0.2) is 5.17 Å². The standard InChI is InChI=1S/C20H20BrN3O3S2/c1-4-24-19(25)18(13-14-5-9-16(10-6-14)23(2)3)28-20(24)22-29(26,27)17-11-7-15(21)8-12-17/h5-13H,4H2,1-3H3/b18-13-,22-20?. The van der Waals surface area contributed by atoms with Crippen molar-refractivity contribution < 1.29 is 13.2 Å². The smallest absolute Gasteiger partial charge is 0.284 e. The Morgan fingerprint density at radius 1 is 1.10 bits per heavy atom. The van der Waals surface area contributed by atoms with E-state index in [1.54, 1.807) is 25.1 Å². The van der Waals surface area contributed by atoms with Crippen LogP contribution in [0.4, 0.5) is 5.69 Å². The summed E-state index contributed by atoms with van der Waals surface area (Å²) in [5.74, 6) is -0.251. The number of benzene rings is 2. The van der Waals surface area contributed by atoms with E-state index >= 15 is 0 Å². The maximum Gasteiger partial charge on any atom is 0.284 e. The number of hydrogen-bond acceptors (Lipinski definition) is 5. The zero-order valence-electron chi connectivity index (χ0n) is 16.2. The molecule has 9 heteroatoms. The van der Waals surface area contributed by atoms with E-state index in [0.717, 1.165) is 27.5 Å². The lowest BCUT2D eigenvalue weighted by Crippen LogP contribution is -2.29. The van der Waals surface area contributed by atoms with Crippen molar-refractivity contribution in [1.29, 1.82) is 0 Å². The minimum atomic E-state index is -3.92. The number of hydrogen-bond donors (Lipinski definition) is 0. The minimum absolute atomic E-state index is 0.0778. The molecule has 29 heavy (non-hydrogen) atoms. The van der Waals surface area contributed by atoms with Crippen LogP contribution in [-0.4, -0.2) is 45.0 Å². The van der Waals surface area contributed by atoms with Gasteiger partial charge in [0.05, 0.1) is 9.80 Å². The Morgan fingerprint density at radius 2 is 1.72 bits per heavy atom. The highest BCUT2D eigenvalue weighted by Gasteiger charge is 2.34. The summed E-state index contributed by atoms with van der Waals surface area (Å²) in [4.78, 5) is 16.6. The number of carbonyl (C=O) groups excluding carboxylic acids is 1. The van der Waals surface area contributed by atoms with Gasteiger partial charge in [-0.05, 0) is 66.7 Å². The fourth-order valence-electron chi connectivity index (χ4n) is 2.64. The molecule has 0 unspecified atom stereocenters. The van der Waals surface area contributed by atoms with Gasteiger partial charge in [0.25, 0.3) is 15.9 Å². The second-order valence-electron chi connectivity index (χ2n) is 6.45. The summed E-state index contributed by atoms with van der Waals surface area (Å²) in [6.45, 7) is 2.12. The number of anilines is 1. The molecule has 0 aliphatic carbocycles. The third kappa shape index (κ3) is 4.91. The average Bonchev–Trinajstić information content (AvgIpc) is 2.96. The van der Waals surface area contributed by atoms with E-state index in [1.165, 1.54) is 17.0 Å². The molecule has 0 bridgehead atoms. The zero-order chi connectivity index (χ0) is 21.2. The molecule has 6 nitrogen and oxygen atoms in total. The van der Waals surface area contributed by atoms with Crippen molar-refractivity contribution in [3.63, 3.8) is 0 Å². The van der Waals surface area contributed by atoms with E-state index in [4.69, 9.17) is 0 Å². The van der Waals surface area contributed by atoms with Crippen LogP contribution in [0.15, 0.2) is 67.2 Å². The second kappa shape index (κ2) is 8.73. The molecule has 0 saturated carbocycles. The van der Waals surface area contributed by atoms with Crippen molar-refractivity contribution in [3.8, 4) is 0 Å². The lowest BCUT2D eigenvalue weighted by molar-refractivity contribution is -0.122. The van der Waals surface area contributed by atoms with Crippen LogP contribution < -0.4 is 4.90 Å². The van der Waals surface area contributed by atoms with Gasteiger partial charge in [-0.1, -0.05) is 28.1 Å². The Hall–Kier alpha value is -2.10. The number of nitrogens with zero attached hydrogens (tertiary/aromatic N) is 3. The molecule has 1 aliphatic heterocycles.